The number of Topliss-reactive ketones (excluding diaryl/α,β-unsaturated/α-hetero) is 1. The van der Waals surface area contributed by atoms with Crippen LogP contribution in [0.2, 0.25) is 0 Å². The fraction of sp³-hybridized carbons (Fsp3) is 0.318. The third-order valence-corrected chi connectivity index (χ3v) is 7.83. The predicted molar refractivity (Wildman–Crippen MR) is 108 cm³/mol. The summed E-state index contributed by atoms with van der Waals surface area (Å²) >= 11 is 0. The largest absolute Gasteiger partial charge is 0.457 e. The molecule has 0 radical (unpaired) electrons. The quantitative estimate of drug-likeness (QED) is 0.700. The van der Waals surface area contributed by atoms with Gasteiger partial charge in [0.25, 0.3) is 0 Å². The Balaban J connectivity index is 1.91. The van der Waals surface area contributed by atoms with E-state index in [0.29, 0.717) is 31.1 Å². The molecule has 1 aliphatic rings. The van der Waals surface area contributed by atoms with Gasteiger partial charge in [-0.15, -0.1) is 6.42 Å². The summed E-state index contributed by atoms with van der Waals surface area (Å²) in [6, 6.07) is 15.5. The number of sulfone groups is 1. The predicted octanol–water partition coefficient (Wildman–Crippen LogP) is 3.31. The van der Waals surface area contributed by atoms with E-state index in [-0.39, 0.29) is 23.5 Å². The van der Waals surface area contributed by atoms with E-state index in [4.69, 9.17) is 11.2 Å². The normalized spacial score (nSPS) is 16.9. The molecule has 1 heterocycles. The number of hydrogen-bond donors (Lipinski definition) is 0. The lowest BCUT2D eigenvalue weighted by atomic mass is 9.92. The van der Waals surface area contributed by atoms with E-state index < -0.39 is 14.6 Å². The maximum absolute atomic E-state index is 13.5. The van der Waals surface area contributed by atoms with Gasteiger partial charge in [-0.2, -0.15) is 0 Å². The van der Waals surface area contributed by atoms with E-state index in [1.807, 2.05) is 23.1 Å². The number of piperidine rings is 1. The van der Waals surface area contributed by atoms with Gasteiger partial charge in [-0.05, 0) is 50.1 Å². The lowest BCUT2D eigenvalue weighted by Gasteiger charge is -2.38. The van der Waals surface area contributed by atoms with Crippen molar-refractivity contribution in [2.75, 3.05) is 19.6 Å². The van der Waals surface area contributed by atoms with Crippen LogP contribution < -0.4 is 4.74 Å². The molecule has 0 amide bonds. The Morgan fingerprint density at radius 2 is 1.75 bits per heavy atom. The van der Waals surface area contributed by atoms with Crippen LogP contribution in [-0.2, 0) is 14.6 Å². The summed E-state index contributed by atoms with van der Waals surface area (Å²) in [7, 11) is -3.88. The molecule has 2 aromatic rings. The van der Waals surface area contributed by atoms with Gasteiger partial charge < -0.3 is 4.74 Å². The van der Waals surface area contributed by atoms with Gasteiger partial charge in [0.2, 0.25) is 0 Å². The van der Waals surface area contributed by atoms with E-state index in [0.717, 1.165) is 0 Å². The highest BCUT2D eigenvalue weighted by molar-refractivity contribution is 7.93. The van der Waals surface area contributed by atoms with Crippen LogP contribution in [-0.4, -0.2) is 43.5 Å². The van der Waals surface area contributed by atoms with Crippen molar-refractivity contribution in [2.24, 2.45) is 0 Å². The molecule has 2 aromatic carbocycles. The van der Waals surface area contributed by atoms with Crippen LogP contribution in [0.4, 0.5) is 0 Å². The lowest BCUT2D eigenvalue weighted by molar-refractivity contribution is -0.120. The Morgan fingerprint density at radius 3 is 2.36 bits per heavy atom. The first kappa shape index (κ1) is 20.1. The molecule has 0 aliphatic carbocycles. The molecule has 1 fully saturated rings. The molecule has 0 unspecified atom stereocenters. The van der Waals surface area contributed by atoms with Crippen molar-refractivity contribution in [3.05, 3.63) is 54.6 Å². The van der Waals surface area contributed by atoms with E-state index in [1.165, 1.54) is 19.1 Å². The maximum Gasteiger partial charge on any atom is 0.191 e. The molecule has 3 rings (SSSR count). The van der Waals surface area contributed by atoms with E-state index in [9.17, 15) is 13.2 Å². The zero-order chi connectivity index (χ0) is 20.2. The van der Waals surface area contributed by atoms with Crippen LogP contribution in [0.3, 0.4) is 0 Å². The van der Waals surface area contributed by atoms with E-state index >= 15 is 0 Å². The zero-order valence-electron chi connectivity index (χ0n) is 15.8. The number of likely N-dealkylation sites (tertiary alicyclic amines) is 1. The van der Waals surface area contributed by atoms with Crippen LogP contribution >= 0.6 is 0 Å². The minimum atomic E-state index is -3.88. The Hall–Kier alpha value is -2.62. The number of terminal acetylenes is 1. The first-order valence-corrected chi connectivity index (χ1v) is 10.6. The summed E-state index contributed by atoms with van der Waals surface area (Å²) in [5, 5.41) is 0. The molecule has 1 aliphatic heterocycles. The first-order chi connectivity index (χ1) is 13.4. The van der Waals surface area contributed by atoms with Crippen molar-refractivity contribution in [2.45, 2.75) is 29.4 Å². The SMILES string of the molecule is C#CCN1CCC(C(C)=O)(S(=O)(=O)c2cccc(Oc3ccccc3)c2)CC1. The Morgan fingerprint density at radius 1 is 1.11 bits per heavy atom. The second-order valence-corrected chi connectivity index (χ2v) is 9.18. The molecular formula is C22H23NO4S. The van der Waals surface area contributed by atoms with E-state index in [1.54, 1.807) is 24.3 Å². The number of rotatable bonds is 6. The van der Waals surface area contributed by atoms with E-state index in [2.05, 4.69) is 5.92 Å². The fourth-order valence-electron chi connectivity index (χ4n) is 3.57. The maximum atomic E-state index is 13.5. The number of hydrogen-bond acceptors (Lipinski definition) is 5. The summed E-state index contributed by atoms with van der Waals surface area (Å²) in [6.07, 6.45) is 5.82. The highest BCUT2D eigenvalue weighted by atomic mass is 32.2. The molecule has 0 atom stereocenters. The van der Waals surface area contributed by atoms with Crippen molar-refractivity contribution in [3.8, 4) is 23.8 Å². The molecule has 5 nitrogen and oxygen atoms in total. The molecule has 6 heteroatoms. The summed E-state index contributed by atoms with van der Waals surface area (Å²) < 4.78 is 31.3. The molecule has 146 valence electrons. The monoisotopic (exact) mass is 397 g/mol. The summed E-state index contributed by atoms with van der Waals surface area (Å²) in [4.78, 5) is 14.6. The van der Waals surface area contributed by atoms with Crippen LogP contribution in [0, 0.1) is 12.3 Å². The fourth-order valence-corrected chi connectivity index (χ4v) is 5.65. The van der Waals surface area contributed by atoms with Gasteiger partial charge in [0.15, 0.2) is 15.6 Å². The number of benzene rings is 2. The van der Waals surface area contributed by atoms with Crippen molar-refractivity contribution in [3.63, 3.8) is 0 Å². The smallest absolute Gasteiger partial charge is 0.191 e. The van der Waals surface area contributed by atoms with Gasteiger partial charge >= 0.3 is 0 Å². The molecule has 28 heavy (non-hydrogen) atoms. The number of carbonyl (C=O) groups excluding carboxylic acids is 1. The number of para-hydroxylation sites is 1. The highest BCUT2D eigenvalue weighted by Crippen LogP contribution is 2.37. The van der Waals surface area contributed by atoms with Crippen molar-refractivity contribution in [1.82, 2.24) is 4.90 Å². The standard InChI is InChI=1S/C22H23NO4S/c1-3-14-23-15-12-22(13-16-23,18(2)24)28(25,26)21-11-7-10-20(17-21)27-19-8-5-4-6-9-19/h1,4-11,17H,12-16H2,2H3. The summed E-state index contributed by atoms with van der Waals surface area (Å²) in [6.45, 7) is 2.76. The van der Waals surface area contributed by atoms with Crippen LogP contribution in [0.5, 0.6) is 11.5 Å². The number of carbonyl (C=O) groups is 1. The van der Waals surface area contributed by atoms with Gasteiger partial charge in [0.05, 0.1) is 11.4 Å². The third kappa shape index (κ3) is 3.82. The molecule has 1 saturated heterocycles. The molecular weight excluding hydrogens is 374 g/mol. The van der Waals surface area contributed by atoms with Crippen LogP contribution in [0.25, 0.3) is 0 Å². The van der Waals surface area contributed by atoms with Gasteiger partial charge in [-0.25, -0.2) is 8.42 Å². The molecule has 0 aromatic heterocycles. The summed E-state index contributed by atoms with van der Waals surface area (Å²) in [5.74, 6) is 3.26. The number of nitrogens with zero attached hydrogens (tertiary/aromatic N) is 1. The van der Waals surface area contributed by atoms with Crippen molar-refractivity contribution in [1.29, 1.82) is 0 Å². The zero-order valence-corrected chi connectivity index (χ0v) is 16.6. The summed E-state index contributed by atoms with van der Waals surface area (Å²) in [5.41, 5.74) is 0. The third-order valence-electron chi connectivity index (χ3n) is 5.23. The minimum Gasteiger partial charge on any atom is -0.457 e. The topological polar surface area (TPSA) is 63.7 Å². The molecule has 0 bridgehead atoms. The average molecular weight is 397 g/mol. The van der Waals surface area contributed by atoms with Crippen molar-refractivity contribution >= 4 is 15.6 Å². The first-order valence-electron chi connectivity index (χ1n) is 9.13. The van der Waals surface area contributed by atoms with Crippen molar-refractivity contribution < 1.29 is 17.9 Å². The molecule has 0 spiro atoms. The minimum absolute atomic E-state index is 0.0986. The number of ketones is 1. The highest BCUT2D eigenvalue weighted by Gasteiger charge is 2.50. The second kappa shape index (κ2) is 8.17. The lowest BCUT2D eigenvalue weighted by Crippen LogP contribution is -2.53. The Bertz CT molecular complexity index is 985. The Kier molecular flexibility index (Phi) is 5.87. The van der Waals surface area contributed by atoms with Gasteiger partial charge in [-0.1, -0.05) is 30.2 Å². The molecule has 0 saturated carbocycles. The van der Waals surface area contributed by atoms with Crippen LogP contribution in [0.1, 0.15) is 19.8 Å². The second-order valence-electron chi connectivity index (χ2n) is 6.92. The van der Waals surface area contributed by atoms with Gasteiger partial charge in [-0.3, -0.25) is 9.69 Å². The average Bonchev–Trinajstić information content (AvgIpc) is 2.69. The molecule has 0 N–H and O–H groups in total. The Labute approximate surface area is 166 Å². The van der Waals surface area contributed by atoms with Crippen LogP contribution in [0.15, 0.2) is 59.5 Å². The van der Waals surface area contributed by atoms with Gasteiger partial charge in [0, 0.05) is 13.1 Å². The number of ether oxygens (including phenoxy) is 1. The van der Waals surface area contributed by atoms with Gasteiger partial charge in [0.1, 0.15) is 16.2 Å².